The predicted molar refractivity (Wildman–Crippen MR) is 99.4 cm³/mol. The summed E-state index contributed by atoms with van der Waals surface area (Å²) in [6, 6.07) is 8.01. The molecule has 0 bridgehead atoms. The van der Waals surface area contributed by atoms with Crippen molar-refractivity contribution in [2.24, 2.45) is 11.1 Å². The molecule has 2 N–H and O–H groups in total. The SMILES string of the molecule is CN(CC(C)(C)CN)C(=O)Cc1csc(-c2cccc(Br)c2)n1. The highest BCUT2D eigenvalue weighted by Crippen LogP contribution is 2.26. The van der Waals surface area contributed by atoms with Gasteiger partial charge in [-0.15, -0.1) is 11.3 Å². The van der Waals surface area contributed by atoms with Crippen molar-refractivity contribution >= 4 is 33.2 Å². The molecule has 23 heavy (non-hydrogen) atoms. The molecular formula is C17H22BrN3OS. The molecular weight excluding hydrogens is 374 g/mol. The normalized spacial score (nSPS) is 11.5. The lowest BCUT2D eigenvalue weighted by Crippen LogP contribution is -2.40. The Labute approximate surface area is 149 Å². The standard InChI is InChI=1S/C17H22BrN3OS/c1-17(2,10-19)11-21(3)15(22)8-14-9-23-16(20-14)12-5-4-6-13(18)7-12/h4-7,9H,8,10-11,19H2,1-3H3. The minimum Gasteiger partial charge on any atom is -0.345 e. The van der Waals surface area contributed by atoms with Crippen molar-refractivity contribution in [1.82, 2.24) is 9.88 Å². The van der Waals surface area contributed by atoms with Crippen LogP contribution in [-0.2, 0) is 11.2 Å². The Hall–Kier alpha value is -1.24. The van der Waals surface area contributed by atoms with E-state index in [-0.39, 0.29) is 11.3 Å². The van der Waals surface area contributed by atoms with Gasteiger partial charge in [0.2, 0.25) is 5.91 Å². The van der Waals surface area contributed by atoms with Crippen molar-refractivity contribution in [2.75, 3.05) is 20.1 Å². The Morgan fingerprint density at radius 1 is 1.43 bits per heavy atom. The van der Waals surface area contributed by atoms with E-state index in [1.54, 1.807) is 16.2 Å². The van der Waals surface area contributed by atoms with E-state index >= 15 is 0 Å². The van der Waals surface area contributed by atoms with Gasteiger partial charge in [-0.1, -0.05) is 41.9 Å². The Bertz CT molecular complexity index is 684. The van der Waals surface area contributed by atoms with E-state index in [2.05, 4.69) is 34.8 Å². The number of nitrogens with two attached hydrogens (primary N) is 1. The van der Waals surface area contributed by atoms with Crippen molar-refractivity contribution in [3.05, 3.63) is 39.8 Å². The molecule has 1 aromatic heterocycles. The molecule has 0 atom stereocenters. The third-order valence-corrected chi connectivity index (χ3v) is 5.03. The Morgan fingerprint density at radius 2 is 2.17 bits per heavy atom. The summed E-state index contributed by atoms with van der Waals surface area (Å²) in [5, 5.41) is 2.88. The van der Waals surface area contributed by atoms with Crippen LogP contribution >= 0.6 is 27.3 Å². The van der Waals surface area contributed by atoms with Crippen LogP contribution in [-0.4, -0.2) is 35.9 Å². The lowest BCUT2D eigenvalue weighted by molar-refractivity contribution is -0.130. The molecule has 0 spiro atoms. The quantitative estimate of drug-likeness (QED) is 0.812. The lowest BCUT2D eigenvalue weighted by atomic mass is 9.93. The van der Waals surface area contributed by atoms with Gasteiger partial charge in [-0.25, -0.2) is 4.98 Å². The van der Waals surface area contributed by atoms with Gasteiger partial charge in [0, 0.05) is 29.0 Å². The summed E-state index contributed by atoms with van der Waals surface area (Å²) in [7, 11) is 1.82. The molecule has 0 saturated heterocycles. The third-order valence-electron chi connectivity index (χ3n) is 3.60. The largest absolute Gasteiger partial charge is 0.345 e. The predicted octanol–water partition coefficient (Wildman–Crippen LogP) is 3.56. The number of thiazole rings is 1. The highest BCUT2D eigenvalue weighted by molar-refractivity contribution is 9.10. The first-order chi connectivity index (χ1) is 10.8. The number of aromatic nitrogens is 1. The number of likely N-dealkylation sites (N-methyl/N-ethyl adjacent to an activating group) is 1. The van der Waals surface area contributed by atoms with Crippen molar-refractivity contribution in [3.8, 4) is 10.6 Å². The monoisotopic (exact) mass is 395 g/mol. The molecule has 0 fully saturated rings. The van der Waals surface area contributed by atoms with Crippen LogP contribution in [0.4, 0.5) is 0 Å². The van der Waals surface area contributed by atoms with Gasteiger partial charge in [0.25, 0.3) is 0 Å². The number of carbonyl (C=O) groups is 1. The second-order valence-electron chi connectivity index (χ2n) is 6.45. The molecule has 124 valence electrons. The molecule has 2 aromatic rings. The van der Waals surface area contributed by atoms with Crippen LogP contribution in [0.5, 0.6) is 0 Å². The zero-order valence-corrected chi connectivity index (χ0v) is 16.1. The summed E-state index contributed by atoms with van der Waals surface area (Å²) in [4.78, 5) is 18.7. The van der Waals surface area contributed by atoms with Crippen molar-refractivity contribution < 1.29 is 4.79 Å². The van der Waals surface area contributed by atoms with Crippen LogP contribution in [0.15, 0.2) is 34.1 Å². The summed E-state index contributed by atoms with van der Waals surface area (Å²) < 4.78 is 1.02. The highest BCUT2D eigenvalue weighted by Gasteiger charge is 2.21. The molecule has 0 aliphatic heterocycles. The van der Waals surface area contributed by atoms with Crippen molar-refractivity contribution in [1.29, 1.82) is 0 Å². The molecule has 1 aromatic carbocycles. The number of hydrogen-bond acceptors (Lipinski definition) is 4. The number of amides is 1. The Balaban J connectivity index is 2.03. The Morgan fingerprint density at radius 3 is 2.83 bits per heavy atom. The van der Waals surface area contributed by atoms with E-state index in [1.807, 2.05) is 36.7 Å². The smallest absolute Gasteiger partial charge is 0.228 e. The van der Waals surface area contributed by atoms with Crippen molar-refractivity contribution in [2.45, 2.75) is 20.3 Å². The summed E-state index contributed by atoms with van der Waals surface area (Å²) in [5.41, 5.74) is 7.53. The van der Waals surface area contributed by atoms with Gasteiger partial charge in [0.1, 0.15) is 5.01 Å². The van der Waals surface area contributed by atoms with Crippen LogP contribution in [0.2, 0.25) is 0 Å². The van der Waals surface area contributed by atoms with E-state index < -0.39 is 0 Å². The van der Waals surface area contributed by atoms with Gasteiger partial charge >= 0.3 is 0 Å². The van der Waals surface area contributed by atoms with Gasteiger partial charge in [0.15, 0.2) is 0 Å². The fourth-order valence-corrected chi connectivity index (χ4v) is 3.44. The van der Waals surface area contributed by atoms with Gasteiger partial charge in [-0.05, 0) is 24.1 Å². The molecule has 0 unspecified atom stereocenters. The van der Waals surface area contributed by atoms with Crippen molar-refractivity contribution in [3.63, 3.8) is 0 Å². The van der Waals surface area contributed by atoms with E-state index in [1.165, 1.54) is 0 Å². The van der Waals surface area contributed by atoms with E-state index in [4.69, 9.17) is 5.73 Å². The first kappa shape index (κ1) is 18.1. The lowest BCUT2D eigenvalue weighted by Gasteiger charge is -2.28. The van der Waals surface area contributed by atoms with Gasteiger partial charge in [-0.2, -0.15) is 0 Å². The maximum atomic E-state index is 12.3. The number of hydrogen-bond donors (Lipinski definition) is 1. The number of nitrogens with zero attached hydrogens (tertiary/aromatic N) is 2. The van der Waals surface area contributed by atoms with E-state index in [9.17, 15) is 4.79 Å². The highest BCUT2D eigenvalue weighted by atomic mass is 79.9. The first-order valence-electron chi connectivity index (χ1n) is 7.45. The maximum absolute atomic E-state index is 12.3. The maximum Gasteiger partial charge on any atom is 0.228 e. The minimum atomic E-state index is -0.0754. The van der Waals surface area contributed by atoms with Crippen LogP contribution < -0.4 is 5.73 Å². The molecule has 1 heterocycles. The second-order valence-corrected chi connectivity index (χ2v) is 8.22. The average Bonchev–Trinajstić information content (AvgIpc) is 2.95. The van der Waals surface area contributed by atoms with Crippen LogP contribution in [0.1, 0.15) is 19.5 Å². The molecule has 2 rings (SSSR count). The zero-order chi connectivity index (χ0) is 17.0. The molecule has 0 aliphatic rings. The molecule has 6 heteroatoms. The van der Waals surface area contributed by atoms with Gasteiger partial charge < -0.3 is 10.6 Å². The number of carbonyl (C=O) groups excluding carboxylic acids is 1. The molecule has 0 saturated carbocycles. The number of benzene rings is 1. The minimum absolute atomic E-state index is 0.0672. The molecule has 4 nitrogen and oxygen atoms in total. The number of rotatable bonds is 6. The summed E-state index contributed by atoms with van der Waals surface area (Å²) in [5.74, 6) is 0.0672. The van der Waals surface area contributed by atoms with Crippen LogP contribution in [0, 0.1) is 5.41 Å². The molecule has 1 amide bonds. The average molecular weight is 396 g/mol. The summed E-state index contributed by atoms with van der Waals surface area (Å²) in [6.45, 7) is 5.31. The van der Waals surface area contributed by atoms with E-state index in [0.717, 1.165) is 20.7 Å². The summed E-state index contributed by atoms with van der Waals surface area (Å²) in [6.07, 6.45) is 0.321. The fraction of sp³-hybridized carbons (Fsp3) is 0.412. The number of halogens is 1. The fourth-order valence-electron chi connectivity index (χ4n) is 2.23. The molecule has 0 aliphatic carbocycles. The van der Waals surface area contributed by atoms with Crippen LogP contribution in [0.25, 0.3) is 10.6 Å². The summed E-state index contributed by atoms with van der Waals surface area (Å²) >= 11 is 5.03. The second kappa shape index (κ2) is 7.55. The van der Waals surface area contributed by atoms with Crippen LogP contribution in [0.3, 0.4) is 0 Å². The first-order valence-corrected chi connectivity index (χ1v) is 9.12. The Kier molecular flexibility index (Phi) is 5.95. The van der Waals surface area contributed by atoms with Gasteiger partial charge in [-0.3, -0.25) is 4.79 Å². The van der Waals surface area contributed by atoms with Gasteiger partial charge in [0.05, 0.1) is 12.1 Å². The topological polar surface area (TPSA) is 59.2 Å². The third kappa shape index (κ3) is 5.12. The zero-order valence-electron chi connectivity index (χ0n) is 13.7. The molecule has 0 radical (unpaired) electrons. The van der Waals surface area contributed by atoms with E-state index in [0.29, 0.717) is 19.5 Å².